The second-order valence-corrected chi connectivity index (χ2v) is 6.97. The van der Waals surface area contributed by atoms with Gasteiger partial charge in [0.1, 0.15) is 5.75 Å². The quantitative estimate of drug-likeness (QED) is 0.807. The summed E-state index contributed by atoms with van der Waals surface area (Å²) in [6.45, 7) is 8.69. The number of fused-ring (bicyclic) bond motifs is 1. The molecule has 1 amide bonds. The molecule has 2 N–H and O–H groups in total. The van der Waals surface area contributed by atoms with Gasteiger partial charge in [-0.3, -0.25) is 4.79 Å². The fourth-order valence-corrected chi connectivity index (χ4v) is 3.10. The molecule has 0 unspecified atom stereocenters. The van der Waals surface area contributed by atoms with E-state index in [2.05, 4.69) is 54.8 Å². The Morgan fingerprint density at radius 2 is 1.92 bits per heavy atom. The van der Waals surface area contributed by atoms with Crippen LogP contribution in [0.2, 0.25) is 0 Å². The van der Waals surface area contributed by atoms with Crippen LogP contribution in [0.15, 0.2) is 36.4 Å². The van der Waals surface area contributed by atoms with Gasteiger partial charge in [0.2, 0.25) is 0 Å². The normalized spacial score (nSPS) is 12.5. The van der Waals surface area contributed by atoms with E-state index in [9.17, 15) is 4.79 Å². The smallest absolute Gasteiger partial charge is 0.258 e. The molecule has 2 aromatic carbocycles. The van der Waals surface area contributed by atoms with Crippen LogP contribution >= 0.6 is 12.4 Å². The average Bonchev–Trinajstić information content (AvgIpc) is 3.05. The van der Waals surface area contributed by atoms with Gasteiger partial charge in [-0.2, -0.15) is 0 Å². The predicted molar refractivity (Wildman–Crippen MR) is 107 cm³/mol. The number of aryl methyl sites for hydroxylation is 1. The van der Waals surface area contributed by atoms with Crippen molar-refractivity contribution >= 4 is 18.3 Å². The van der Waals surface area contributed by atoms with Gasteiger partial charge in [0.05, 0.1) is 0 Å². The minimum Gasteiger partial charge on any atom is -0.483 e. The van der Waals surface area contributed by atoms with Crippen molar-refractivity contribution in [3.8, 4) is 5.75 Å². The van der Waals surface area contributed by atoms with E-state index < -0.39 is 0 Å². The molecular weight excluding hydrogens is 348 g/mol. The molecule has 1 heterocycles. The van der Waals surface area contributed by atoms with Gasteiger partial charge in [-0.1, -0.05) is 44.2 Å². The third-order valence-corrected chi connectivity index (χ3v) is 4.54. The van der Waals surface area contributed by atoms with Crippen LogP contribution in [0.25, 0.3) is 0 Å². The minimum atomic E-state index is -0.102. The molecule has 140 valence electrons. The molecule has 0 radical (unpaired) electrons. The third-order valence-electron chi connectivity index (χ3n) is 4.54. The third kappa shape index (κ3) is 4.99. The molecule has 0 atom stereocenters. The van der Waals surface area contributed by atoms with E-state index in [1.165, 1.54) is 11.1 Å². The first-order valence-electron chi connectivity index (χ1n) is 8.84. The summed E-state index contributed by atoms with van der Waals surface area (Å²) in [6.07, 6.45) is 0. The number of ether oxygens (including phenoxy) is 1. The Bertz CT molecular complexity index is 775. The summed E-state index contributed by atoms with van der Waals surface area (Å²) in [5.74, 6) is 1.06. The molecule has 3 rings (SSSR count). The maximum Gasteiger partial charge on any atom is 0.258 e. The molecule has 0 aromatic heterocycles. The van der Waals surface area contributed by atoms with Crippen LogP contribution in [0.5, 0.6) is 5.75 Å². The summed E-state index contributed by atoms with van der Waals surface area (Å²) < 4.78 is 5.78. The molecule has 0 spiro atoms. The van der Waals surface area contributed by atoms with Crippen molar-refractivity contribution in [1.82, 2.24) is 10.6 Å². The second-order valence-electron chi connectivity index (χ2n) is 6.97. The minimum absolute atomic E-state index is 0. The van der Waals surface area contributed by atoms with Gasteiger partial charge in [-0.05, 0) is 46.7 Å². The molecule has 0 aliphatic carbocycles. The van der Waals surface area contributed by atoms with Crippen molar-refractivity contribution < 1.29 is 9.53 Å². The van der Waals surface area contributed by atoms with Crippen LogP contribution in [0.4, 0.5) is 0 Å². The maximum atomic E-state index is 12.1. The second kappa shape index (κ2) is 9.06. The van der Waals surface area contributed by atoms with Crippen LogP contribution in [0.1, 0.15) is 47.6 Å². The Balaban J connectivity index is 0.00000243. The Labute approximate surface area is 161 Å². The lowest BCUT2D eigenvalue weighted by atomic mass is 10.0. The Morgan fingerprint density at radius 3 is 2.69 bits per heavy atom. The van der Waals surface area contributed by atoms with Crippen molar-refractivity contribution in [2.24, 2.45) is 0 Å². The number of rotatable bonds is 6. The van der Waals surface area contributed by atoms with Crippen molar-refractivity contribution in [3.05, 3.63) is 64.2 Å². The lowest BCUT2D eigenvalue weighted by Gasteiger charge is -2.15. The summed E-state index contributed by atoms with van der Waals surface area (Å²) in [4.78, 5) is 12.1. The van der Waals surface area contributed by atoms with Crippen molar-refractivity contribution in [3.63, 3.8) is 0 Å². The standard InChI is InChI=1S/C21H26N2O2.ClH/c1-14(2)19-7-4-15(3)8-20(19)25-13-21(24)23-10-16-5-6-17-11-22-12-18(17)9-16;/h4-9,14,22H,10-13H2,1-3H3,(H,23,24);1H. The highest BCUT2D eigenvalue weighted by Crippen LogP contribution is 2.27. The average molecular weight is 375 g/mol. The van der Waals surface area contributed by atoms with E-state index in [0.29, 0.717) is 12.5 Å². The van der Waals surface area contributed by atoms with Crippen molar-refractivity contribution in [2.75, 3.05) is 6.61 Å². The molecule has 1 aliphatic heterocycles. The monoisotopic (exact) mass is 374 g/mol. The van der Waals surface area contributed by atoms with E-state index in [1.807, 2.05) is 13.0 Å². The zero-order valence-electron chi connectivity index (χ0n) is 15.6. The van der Waals surface area contributed by atoms with Crippen LogP contribution in [-0.4, -0.2) is 12.5 Å². The summed E-state index contributed by atoms with van der Waals surface area (Å²) in [5.41, 5.74) is 6.05. The number of nitrogens with one attached hydrogen (secondary N) is 2. The summed E-state index contributed by atoms with van der Waals surface area (Å²) in [5, 5.41) is 6.27. The van der Waals surface area contributed by atoms with Gasteiger partial charge >= 0.3 is 0 Å². The molecule has 0 saturated heterocycles. The Kier molecular flexibility index (Phi) is 7.06. The highest BCUT2D eigenvalue weighted by atomic mass is 35.5. The lowest BCUT2D eigenvalue weighted by molar-refractivity contribution is -0.123. The van der Waals surface area contributed by atoms with E-state index in [0.717, 1.165) is 35.5 Å². The van der Waals surface area contributed by atoms with E-state index in [-0.39, 0.29) is 24.9 Å². The molecule has 5 heteroatoms. The van der Waals surface area contributed by atoms with Gasteiger partial charge in [0.15, 0.2) is 6.61 Å². The van der Waals surface area contributed by atoms with Crippen LogP contribution in [0, 0.1) is 6.92 Å². The largest absolute Gasteiger partial charge is 0.483 e. The molecular formula is C21H27ClN2O2. The van der Waals surface area contributed by atoms with Gasteiger partial charge in [-0.25, -0.2) is 0 Å². The SMILES string of the molecule is Cc1ccc(C(C)C)c(OCC(=O)NCc2ccc3c(c2)CNC3)c1.Cl. The summed E-state index contributed by atoms with van der Waals surface area (Å²) in [7, 11) is 0. The number of hydrogen-bond donors (Lipinski definition) is 2. The Morgan fingerprint density at radius 1 is 1.15 bits per heavy atom. The van der Waals surface area contributed by atoms with Gasteiger partial charge in [0.25, 0.3) is 5.91 Å². The number of halogens is 1. The molecule has 4 nitrogen and oxygen atoms in total. The highest BCUT2D eigenvalue weighted by molar-refractivity contribution is 5.85. The first kappa shape index (κ1) is 20.3. The van der Waals surface area contributed by atoms with E-state index in [4.69, 9.17) is 4.74 Å². The lowest BCUT2D eigenvalue weighted by Crippen LogP contribution is -2.28. The van der Waals surface area contributed by atoms with Gasteiger partial charge in [-0.15, -0.1) is 12.4 Å². The van der Waals surface area contributed by atoms with Gasteiger partial charge < -0.3 is 15.4 Å². The fraction of sp³-hybridized carbons (Fsp3) is 0.381. The van der Waals surface area contributed by atoms with Crippen LogP contribution in [0.3, 0.4) is 0 Å². The topological polar surface area (TPSA) is 50.4 Å². The summed E-state index contributed by atoms with van der Waals surface area (Å²) in [6, 6.07) is 12.5. The highest BCUT2D eigenvalue weighted by Gasteiger charge is 2.12. The van der Waals surface area contributed by atoms with Crippen LogP contribution in [-0.2, 0) is 24.4 Å². The van der Waals surface area contributed by atoms with Crippen LogP contribution < -0.4 is 15.4 Å². The molecule has 2 aromatic rings. The number of carbonyl (C=O) groups excluding carboxylic acids is 1. The number of carbonyl (C=O) groups is 1. The van der Waals surface area contributed by atoms with Gasteiger partial charge in [0, 0.05) is 19.6 Å². The van der Waals surface area contributed by atoms with E-state index >= 15 is 0 Å². The fourth-order valence-electron chi connectivity index (χ4n) is 3.10. The number of hydrogen-bond acceptors (Lipinski definition) is 3. The zero-order chi connectivity index (χ0) is 17.8. The molecule has 0 bridgehead atoms. The first-order valence-corrected chi connectivity index (χ1v) is 8.84. The first-order chi connectivity index (χ1) is 12.0. The van der Waals surface area contributed by atoms with Crippen molar-refractivity contribution in [2.45, 2.75) is 46.3 Å². The van der Waals surface area contributed by atoms with Crippen molar-refractivity contribution in [1.29, 1.82) is 0 Å². The number of benzene rings is 2. The Hall–Kier alpha value is -2.04. The van der Waals surface area contributed by atoms with E-state index in [1.54, 1.807) is 0 Å². The summed E-state index contributed by atoms with van der Waals surface area (Å²) >= 11 is 0. The number of amides is 1. The zero-order valence-corrected chi connectivity index (χ0v) is 16.4. The molecule has 1 aliphatic rings. The molecule has 26 heavy (non-hydrogen) atoms. The molecule has 0 saturated carbocycles. The molecule has 0 fully saturated rings. The maximum absolute atomic E-state index is 12.1. The predicted octanol–water partition coefficient (Wildman–Crippen LogP) is 3.84.